The maximum atomic E-state index is 13.6. The van der Waals surface area contributed by atoms with Crippen LogP contribution in [-0.4, -0.2) is 54.0 Å². The van der Waals surface area contributed by atoms with Crippen LogP contribution in [-0.2, 0) is 16.1 Å². The maximum Gasteiger partial charge on any atom is 0.254 e. The standard InChI is InChI=1S/C23H29FN2O4/c1-17(2)13-26(23(28)18-6-3-7-19(24)12-18)16-22(27)25(14-20-8-4-10-29-20)15-21-9-5-11-30-21/h3-4,6-8,10,12,17,21H,5,9,11,13-16H2,1-2H3. The predicted molar refractivity (Wildman–Crippen MR) is 110 cm³/mol. The highest BCUT2D eigenvalue weighted by atomic mass is 19.1. The normalized spacial score (nSPS) is 16.1. The summed E-state index contributed by atoms with van der Waals surface area (Å²) >= 11 is 0. The third kappa shape index (κ3) is 6.16. The first-order chi connectivity index (χ1) is 14.4. The zero-order chi connectivity index (χ0) is 21.5. The molecule has 1 aromatic heterocycles. The summed E-state index contributed by atoms with van der Waals surface area (Å²) in [5.74, 6) is -0.186. The molecule has 0 spiro atoms. The Hall–Kier alpha value is -2.67. The third-order valence-corrected chi connectivity index (χ3v) is 5.00. The van der Waals surface area contributed by atoms with Crippen LogP contribution in [0.2, 0.25) is 0 Å². The fourth-order valence-corrected chi connectivity index (χ4v) is 3.61. The van der Waals surface area contributed by atoms with E-state index in [0.717, 1.165) is 12.8 Å². The first-order valence-corrected chi connectivity index (χ1v) is 10.4. The number of furan rings is 1. The Morgan fingerprint density at radius 2 is 2.03 bits per heavy atom. The Morgan fingerprint density at radius 3 is 2.67 bits per heavy atom. The quantitative estimate of drug-likeness (QED) is 0.625. The Kier molecular flexibility index (Phi) is 7.63. The van der Waals surface area contributed by atoms with Gasteiger partial charge in [-0.3, -0.25) is 9.59 Å². The lowest BCUT2D eigenvalue weighted by Gasteiger charge is -2.29. The largest absolute Gasteiger partial charge is 0.467 e. The number of benzene rings is 1. The van der Waals surface area contributed by atoms with E-state index in [0.29, 0.717) is 32.0 Å². The van der Waals surface area contributed by atoms with E-state index in [2.05, 4.69) is 0 Å². The van der Waals surface area contributed by atoms with Crippen molar-refractivity contribution in [3.05, 3.63) is 59.8 Å². The number of hydrogen-bond donors (Lipinski definition) is 0. The van der Waals surface area contributed by atoms with Gasteiger partial charge in [0.25, 0.3) is 5.91 Å². The summed E-state index contributed by atoms with van der Waals surface area (Å²) in [5, 5.41) is 0. The molecule has 1 aliphatic rings. The van der Waals surface area contributed by atoms with Crippen molar-refractivity contribution in [2.75, 3.05) is 26.2 Å². The minimum atomic E-state index is -0.477. The number of amides is 2. The van der Waals surface area contributed by atoms with E-state index in [1.807, 2.05) is 19.9 Å². The number of ether oxygens (including phenoxy) is 1. The summed E-state index contributed by atoms with van der Waals surface area (Å²) in [7, 11) is 0. The molecule has 0 aliphatic carbocycles. The molecule has 162 valence electrons. The maximum absolute atomic E-state index is 13.6. The molecule has 0 saturated carbocycles. The van der Waals surface area contributed by atoms with Crippen LogP contribution in [0.5, 0.6) is 0 Å². The highest BCUT2D eigenvalue weighted by Crippen LogP contribution is 2.17. The highest BCUT2D eigenvalue weighted by molar-refractivity contribution is 5.96. The van der Waals surface area contributed by atoms with Gasteiger partial charge < -0.3 is 19.0 Å². The van der Waals surface area contributed by atoms with E-state index < -0.39 is 5.82 Å². The molecule has 30 heavy (non-hydrogen) atoms. The van der Waals surface area contributed by atoms with Gasteiger partial charge in [-0.15, -0.1) is 0 Å². The molecular formula is C23H29FN2O4. The molecule has 2 aromatic rings. The predicted octanol–water partition coefficient (Wildman–Crippen LogP) is 3.72. The fraction of sp³-hybridized carbons (Fsp3) is 0.478. The Balaban J connectivity index is 1.75. The lowest BCUT2D eigenvalue weighted by molar-refractivity contribution is -0.134. The highest BCUT2D eigenvalue weighted by Gasteiger charge is 2.27. The molecule has 1 unspecified atom stereocenters. The number of carbonyl (C=O) groups is 2. The molecule has 2 heterocycles. The van der Waals surface area contributed by atoms with E-state index in [4.69, 9.17) is 9.15 Å². The minimum Gasteiger partial charge on any atom is -0.467 e. The van der Waals surface area contributed by atoms with Gasteiger partial charge >= 0.3 is 0 Å². The van der Waals surface area contributed by atoms with Crippen LogP contribution in [0.25, 0.3) is 0 Å². The van der Waals surface area contributed by atoms with E-state index in [1.54, 1.807) is 23.3 Å². The molecule has 1 atom stereocenters. The average Bonchev–Trinajstić information content (AvgIpc) is 3.40. The molecule has 0 N–H and O–H groups in total. The zero-order valence-corrected chi connectivity index (χ0v) is 17.6. The van der Waals surface area contributed by atoms with Gasteiger partial charge in [0.1, 0.15) is 18.1 Å². The van der Waals surface area contributed by atoms with Crippen molar-refractivity contribution >= 4 is 11.8 Å². The SMILES string of the molecule is CC(C)CN(CC(=O)N(Cc1ccco1)CC1CCCO1)C(=O)c1cccc(F)c1. The third-order valence-electron chi connectivity index (χ3n) is 5.00. The molecule has 6 nitrogen and oxygen atoms in total. The topological polar surface area (TPSA) is 63.0 Å². The van der Waals surface area contributed by atoms with Crippen LogP contribution in [0, 0.1) is 11.7 Å². The lowest BCUT2D eigenvalue weighted by Crippen LogP contribution is -2.46. The Labute approximate surface area is 176 Å². The lowest BCUT2D eigenvalue weighted by atomic mass is 10.1. The first kappa shape index (κ1) is 22.0. The molecule has 2 amide bonds. The van der Waals surface area contributed by atoms with Crippen molar-refractivity contribution in [3.8, 4) is 0 Å². The van der Waals surface area contributed by atoms with Crippen LogP contribution in [0.3, 0.4) is 0 Å². The Morgan fingerprint density at radius 1 is 1.20 bits per heavy atom. The number of carbonyl (C=O) groups excluding carboxylic acids is 2. The second kappa shape index (κ2) is 10.4. The second-order valence-corrected chi connectivity index (χ2v) is 8.08. The summed E-state index contributed by atoms with van der Waals surface area (Å²) in [4.78, 5) is 29.4. The van der Waals surface area contributed by atoms with Crippen molar-refractivity contribution in [2.24, 2.45) is 5.92 Å². The van der Waals surface area contributed by atoms with Crippen LogP contribution < -0.4 is 0 Å². The summed E-state index contributed by atoms with van der Waals surface area (Å²) < 4.78 is 24.7. The first-order valence-electron chi connectivity index (χ1n) is 10.4. The van der Waals surface area contributed by atoms with Crippen molar-refractivity contribution in [1.29, 1.82) is 0 Å². The van der Waals surface area contributed by atoms with Crippen molar-refractivity contribution in [3.63, 3.8) is 0 Å². The molecule has 0 bridgehead atoms. The van der Waals surface area contributed by atoms with Crippen molar-refractivity contribution < 1.29 is 23.1 Å². The summed E-state index contributed by atoms with van der Waals surface area (Å²) in [6.07, 6.45) is 3.44. The Bertz CT molecular complexity index is 831. The molecule has 1 saturated heterocycles. The molecule has 0 radical (unpaired) electrons. The summed E-state index contributed by atoms with van der Waals surface area (Å²) in [6, 6.07) is 9.16. The zero-order valence-electron chi connectivity index (χ0n) is 17.6. The second-order valence-electron chi connectivity index (χ2n) is 8.08. The minimum absolute atomic E-state index is 0.0126. The van der Waals surface area contributed by atoms with Crippen molar-refractivity contribution in [1.82, 2.24) is 9.80 Å². The fourth-order valence-electron chi connectivity index (χ4n) is 3.61. The average molecular weight is 416 g/mol. The van der Waals surface area contributed by atoms with E-state index in [-0.39, 0.29) is 35.9 Å². The molecule has 3 rings (SSSR count). The summed E-state index contributed by atoms with van der Waals surface area (Å²) in [6.45, 7) is 5.73. The van der Waals surface area contributed by atoms with E-state index in [9.17, 15) is 14.0 Å². The van der Waals surface area contributed by atoms with Gasteiger partial charge in [0.05, 0.1) is 18.9 Å². The monoisotopic (exact) mass is 416 g/mol. The van der Waals surface area contributed by atoms with Gasteiger partial charge in [-0.25, -0.2) is 4.39 Å². The molecule has 1 aromatic carbocycles. The van der Waals surface area contributed by atoms with Gasteiger partial charge in [0.15, 0.2) is 0 Å². The van der Waals surface area contributed by atoms with Crippen LogP contribution in [0.1, 0.15) is 42.8 Å². The van der Waals surface area contributed by atoms with Crippen molar-refractivity contribution in [2.45, 2.75) is 39.3 Å². The van der Waals surface area contributed by atoms with Gasteiger partial charge in [-0.05, 0) is 49.1 Å². The van der Waals surface area contributed by atoms with Gasteiger partial charge in [-0.1, -0.05) is 19.9 Å². The van der Waals surface area contributed by atoms with Gasteiger partial charge in [0, 0.05) is 25.3 Å². The van der Waals surface area contributed by atoms with E-state index >= 15 is 0 Å². The number of halogens is 1. The smallest absolute Gasteiger partial charge is 0.254 e. The summed E-state index contributed by atoms with van der Waals surface area (Å²) in [5.41, 5.74) is 0.236. The molecular weight excluding hydrogens is 387 g/mol. The van der Waals surface area contributed by atoms with Gasteiger partial charge in [0.2, 0.25) is 5.91 Å². The molecule has 1 fully saturated rings. The van der Waals surface area contributed by atoms with Gasteiger partial charge in [-0.2, -0.15) is 0 Å². The number of hydrogen-bond acceptors (Lipinski definition) is 4. The van der Waals surface area contributed by atoms with Crippen LogP contribution >= 0.6 is 0 Å². The molecule has 7 heteroatoms. The molecule has 1 aliphatic heterocycles. The van der Waals surface area contributed by atoms with Crippen LogP contribution in [0.15, 0.2) is 47.1 Å². The number of rotatable bonds is 9. The van der Waals surface area contributed by atoms with E-state index in [1.165, 1.54) is 23.1 Å². The van der Waals surface area contributed by atoms with Crippen LogP contribution in [0.4, 0.5) is 4.39 Å². The number of nitrogens with zero attached hydrogens (tertiary/aromatic N) is 2.